The molecule has 5 nitrogen and oxygen atoms in total. The van der Waals surface area contributed by atoms with E-state index in [1.807, 2.05) is 11.9 Å². The third-order valence-electron chi connectivity index (χ3n) is 6.27. The number of urea groups is 1. The molecule has 148 valence electrons. The average Bonchev–Trinajstić information content (AvgIpc) is 2.81. The quantitative estimate of drug-likeness (QED) is 0.817. The number of amides is 3. The molecule has 2 fully saturated rings. The van der Waals surface area contributed by atoms with Gasteiger partial charge < -0.3 is 5.32 Å². The Morgan fingerprint density at radius 1 is 1.15 bits per heavy atom. The molecule has 1 aromatic carbocycles. The molecule has 0 radical (unpaired) electrons. The van der Waals surface area contributed by atoms with Crippen molar-refractivity contribution >= 4 is 11.9 Å². The zero-order valence-corrected chi connectivity index (χ0v) is 17.3. The van der Waals surface area contributed by atoms with Gasteiger partial charge in [-0.25, -0.2) is 9.69 Å². The number of carbonyl (C=O) groups is 2. The molecule has 27 heavy (non-hydrogen) atoms. The van der Waals surface area contributed by atoms with Crippen molar-refractivity contribution in [3.63, 3.8) is 0 Å². The second kappa shape index (κ2) is 7.27. The van der Waals surface area contributed by atoms with Crippen LogP contribution in [0.15, 0.2) is 24.3 Å². The van der Waals surface area contributed by atoms with Gasteiger partial charge in [-0.3, -0.25) is 9.69 Å². The summed E-state index contributed by atoms with van der Waals surface area (Å²) in [5.74, 6) is 0.557. The van der Waals surface area contributed by atoms with E-state index in [0.29, 0.717) is 19.1 Å². The fourth-order valence-electron chi connectivity index (χ4n) is 4.42. The SMILES string of the molecule is Cc1ccc(CN(C)CN2C(=O)NC3(CCC(C(C)(C)C)CC3)C2=O)cc1. The van der Waals surface area contributed by atoms with Crippen LogP contribution in [-0.4, -0.2) is 41.0 Å². The van der Waals surface area contributed by atoms with Crippen molar-refractivity contribution in [3.05, 3.63) is 35.4 Å². The van der Waals surface area contributed by atoms with Crippen LogP contribution in [0, 0.1) is 18.3 Å². The molecule has 1 aliphatic heterocycles. The average molecular weight is 372 g/mol. The van der Waals surface area contributed by atoms with E-state index in [1.54, 1.807) is 0 Å². The summed E-state index contributed by atoms with van der Waals surface area (Å²) in [5.41, 5.74) is 1.98. The molecular formula is C22H33N3O2. The summed E-state index contributed by atoms with van der Waals surface area (Å²) >= 11 is 0. The van der Waals surface area contributed by atoms with Crippen molar-refractivity contribution in [2.45, 2.75) is 65.5 Å². The summed E-state index contributed by atoms with van der Waals surface area (Å²) < 4.78 is 0. The zero-order valence-electron chi connectivity index (χ0n) is 17.3. The Kier molecular flexibility index (Phi) is 5.35. The molecule has 1 saturated heterocycles. The Labute approximate surface area is 163 Å². The van der Waals surface area contributed by atoms with Crippen LogP contribution >= 0.6 is 0 Å². The third-order valence-corrected chi connectivity index (χ3v) is 6.27. The molecule has 1 aliphatic carbocycles. The zero-order chi connectivity index (χ0) is 19.8. The highest BCUT2D eigenvalue weighted by Crippen LogP contribution is 2.43. The van der Waals surface area contributed by atoms with Gasteiger partial charge in [-0.2, -0.15) is 0 Å². The fraction of sp³-hybridized carbons (Fsp3) is 0.636. The molecule has 2 aliphatic rings. The Bertz CT molecular complexity index is 697. The van der Waals surface area contributed by atoms with Crippen LogP contribution in [0.2, 0.25) is 0 Å². The normalized spacial score (nSPS) is 26.1. The number of nitrogens with zero attached hydrogens (tertiary/aromatic N) is 2. The maximum absolute atomic E-state index is 13.1. The first kappa shape index (κ1) is 19.9. The predicted octanol–water partition coefficient (Wildman–Crippen LogP) is 3.91. The first-order valence-corrected chi connectivity index (χ1v) is 9.99. The van der Waals surface area contributed by atoms with E-state index in [1.165, 1.54) is 16.0 Å². The first-order valence-electron chi connectivity index (χ1n) is 9.99. The molecule has 1 heterocycles. The van der Waals surface area contributed by atoms with Crippen LogP contribution in [0.1, 0.15) is 57.6 Å². The lowest BCUT2D eigenvalue weighted by molar-refractivity contribution is -0.134. The summed E-state index contributed by atoms with van der Waals surface area (Å²) in [6.07, 6.45) is 3.47. The molecule has 3 amide bonds. The van der Waals surface area contributed by atoms with Gasteiger partial charge in [0.1, 0.15) is 5.54 Å². The second-order valence-electron chi connectivity index (χ2n) is 9.53. The smallest absolute Gasteiger partial charge is 0.323 e. The van der Waals surface area contributed by atoms with Crippen molar-refractivity contribution in [2.75, 3.05) is 13.7 Å². The van der Waals surface area contributed by atoms with E-state index in [-0.39, 0.29) is 17.4 Å². The minimum atomic E-state index is -0.677. The lowest BCUT2D eigenvalue weighted by Gasteiger charge is -2.40. The molecular weight excluding hydrogens is 338 g/mol. The topological polar surface area (TPSA) is 52.6 Å². The summed E-state index contributed by atoms with van der Waals surface area (Å²) in [6, 6.07) is 8.10. The van der Waals surface area contributed by atoms with E-state index < -0.39 is 5.54 Å². The van der Waals surface area contributed by atoms with Gasteiger partial charge in [0.25, 0.3) is 5.91 Å². The van der Waals surface area contributed by atoms with Gasteiger partial charge in [-0.15, -0.1) is 0 Å². The molecule has 0 bridgehead atoms. The fourth-order valence-corrected chi connectivity index (χ4v) is 4.42. The summed E-state index contributed by atoms with van der Waals surface area (Å²) in [6.45, 7) is 9.87. The van der Waals surface area contributed by atoms with E-state index in [2.05, 4.69) is 57.3 Å². The molecule has 1 aromatic rings. The lowest BCUT2D eigenvalue weighted by Crippen LogP contribution is -2.51. The number of rotatable bonds is 4. The van der Waals surface area contributed by atoms with E-state index in [0.717, 1.165) is 25.7 Å². The maximum atomic E-state index is 13.1. The van der Waals surface area contributed by atoms with Crippen LogP contribution in [0.4, 0.5) is 4.79 Å². The van der Waals surface area contributed by atoms with Gasteiger partial charge in [0, 0.05) is 6.54 Å². The van der Waals surface area contributed by atoms with Crippen LogP contribution in [0.5, 0.6) is 0 Å². The number of nitrogens with one attached hydrogen (secondary N) is 1. The molecule has 1 saturated carbocycles. The second-order valence-corrected chi connectivity index (χ2v) is 9.53. The highest BCUT2D eigenvalue weighted by Gasteiger charge is 2.53. The molecule has 0 unspecified atom stereocenters. The van der Waals surface area contributed by atoms with Crippen LogP contribution in [-0.2, 0) is 11.3 Å². The van der Waals surface area contributed by atoms with Crippen molar-refractivity contribution in [3.8, 4) is 0 Å². The minimum absolute atomic E-state index is 0.0457. The molecule has 0 aromatic heterocycles. The van der Waals surface area contributed by atoms with Gasteiger partial charge in [0.2, 0.25) is 0 Å². The Balaban J connectivity index is 1.62. The standard InChI is InChI=1S/C22H33N3O2/c1-16-6-8-17(9-7-16)14-24(5)15-25-19(26)22(23-20(25)27)12-10-18(11-13-22)21(2,3)4/h6-9,18H,10-15H2,1-5H3,(H,23,27). The molecule has 3 rings (SSSR count). The van der Waals surface area contributed by atoms with Crippen LogP contribution in [0.25, 0.3) is 0 Å². The first-order chi connectivity index (χ1) is 12.6. The van der Waals surface area contributed by atoms with Crippen molar-refractivity contribution in [2.24, 2.45) is 11.3 Å². The number of carbonyl (C=O) groups excluding carboxylic acids is 2. The number of imide groups is 1. The predicted molar refractivity (Wildman–Crippen MR) is 107 cm³/mol. The molecule has 5 heteroatoms. The van der Waals surface area contributed by atoms with Gasteiger partial charge in [-0.1, -0.05) is 50.6 Å². The maximum Gasteiger partial charge on any atom is 0.326 e. The summed E-state index contributed by atoms with van der Waals surface area (Å²) in [5, 5.41) is 3.03. The van der Waals surface area contributed by atoms with E-state index in [4.69, 9.17) is 0 Å². The van der Waals surface area contributed by atoms with Crippen LogP contribution < -0.4 is 5.32 Å². The number of hydrogen-bond acceptors (Lipinski definition) is 3. The van der Waals surface area contributed by atoms with Gasteiger partial charge >= 0.3 is 6.03 Å². The number of aryl methyl sites for hydroxylation is 1. The van der Waals surface area contributed by atoms with Crippen molar-refractivity contribution in [1.29, 1.82) is 0 Å². The minimum Gasteiger partial charge on any atom is -0.323 e. The third kappa shape index (κ3) is 4.18. The highest BCUT2D eigenvalue weighted by atomic mass is 16.2. The largest absolute Gasteiger partial charge is 0.326 e. The number of hydrogen-bond donors (Lipinski definition) is 1. The van der Waals surface area contributed by atoms with E-state index >= 15 is 0 Å². The Morgan fingerprint density at radius 3 is 2.30 bits per heavy atom. The van der Waals surface area contributed by atoms with Crippen molar-refractivity contribution < 1.29 is 9.59 Å². The summed E-state index contributed by atoms with van der Waals surface area (Å²) in [4.78, 5) is 29.0. The molecule has 1 N–H and O–H groups in total. The Hall–Kier alpha value is -1.88. The van der Waals surface area contributed by atoms with Gasteiger partial charge in [-0.05, 0) is 56.6 Å². The van der Waals surface area contributed by atoms with Gasteiger partial charge in [0.05, 0.1) is 6.67 Å². The monoisotopic (exact) mass is 371 g/mol. The number of benzene rings is 1. The molecule has 0 atom stereocenters. The summed E-state index contributed by atoms with van der Waals surface area (Å²) in [7, 11) is 1.95. The Morgan fingerprint density at radius 2 is 1.74 bits per heavy atom. The van der Waals surface area contributed by atoms with Crippen molar-refractivity contribution in [1.82, 2.24) is 15.1 Å². The van der Waals surface area contributed by atoms with Gasteiger partial charge in [0.15, 0.2) is 0 Å². The highest BCUT2D eigenvalue weighted by molar-refractivity contribution is 6.07. The molecule has 1 spiro atoms. The van der Waals surface area contributed by atoms with E-state index in [9.17, 15) is 9.59 Å². The van der Waals surface area contributed by atoms with Crippen LogP contribution in [0.3, 0.4) is 0 Å². The lowest BCUT2D eigenvalue weighted by atomic mass is 9.67.